The lowest BCUT2D eigenvalue weighted by Crippen LogP contribution is -2.57. The van der Waals surface area contributed by atoms with Gasteiger partial charge in [-0.25, -0.2) is 9.78 Å². The standard InChI is InChI=1S/C22H34N6O7/c1-12(2)8-16(22(34)35)27-20(32)17-4-3-7-28(17)21(33)15(9-13-10-24-11-25-13)26-19(31)14(23)5-6-18(29)30/h10-12,14-17H,3-9,23H2,1-2H3,(H,24,25)(H,26,31)(H,27,32)(H,29,30)(H,34,35). The van der Waals surface area contributed by atoms with E-state index in [-0.39, 0.29) is 38.1 Å². The van der Waals surface area contributed by atoms with Crippen LogP contribution in [0.25, 0.3) is 0 Å². The van der Waals surface area contributed by atoms with Crippen molar-refractivity contribution in [2.45, 2.75) is 76.5 Å². The fraction of sp³-hybridized carbons (Fsp3) is 0.636. The summed E-state index contributed by atoms with van der Waals surface area (Å²) >= 11 is 0. The molecule has 4 atom stereocenters. The molecule has 13 nitrogen and oxygen atoms in total. The molecule has 1 aliphatic heterocycles. The van der Waals surface area contributed by atoms with Crippen LogP contribution in [0.1, 0.15) is 51.6 Å². The van der Waals surface area contributed by atoms with Crippen molar-refractivity contribution in [2.24, 2.45) is 11.7 Å². The van der Waals surface area contributed by atoms with E-state index in [1.54, 1.807) is 0 Å². The number of carbonyl (C=O) groups is 5. The molecule has 1 aromatic heterocycles. The molecule has 0 saturated carbocycles. The fourth-order valence-corrected chi connectivity index (χ4v) is 3.97. The van der Waals surface area contributed by atoms with Gasteiger partial charge in [-0.15, -0.1) is 0 Å². The van der Waals surface area contributed by atoms with Crippen LogP contribution in [0.3, 0.4) is 0 Å². The molecule has 1 aliphatic rings. The van der Waals surface area contributed by atoms with Crippen molar-refractivity contribution in [2.75, 3.05) is 6.54 Å². The zero-order valence-corrected chi connectivity index (χ0v) is 19.9. The van der Waals surface area contributed by atoms with Crippen molar-refractivity contribution in [1.29, 1.82) is 0 Å². The number of nitrogens with zero attached hydrogens (tertiary/aromatic N) is 2. The first-order chi connectivity index (χ1) is 16.5. The van der Waals surface area contributed by atoms with Gasteiger partial charge in [0.25, 0.3) is 0 Å². The van der Waals surface area contributed by atoms with Crippen LogP contribution >= 0.6 is 0 Å². The highest BCUT2D eigenvalue weighted by molar-refractivity contribution is 5.94. The average molecular weight is 495 g/mol. The number of carboxylic acids is 2. The molecule has 1 aromatic rings. The molecule has 0 bridgehead atoms. The van der Waals surface area contributed by atoms with Gasteiger partial charge in [0.1, 0.15) is 18.1 Å². The van der Waals surface area contributed by atoms with E-state index in [0.717, 1.165) is 0 Å². The monoisotopic (exact) mass is 494 g/mol. The molecule has 0 radical (unpaired) electrons. The Labute approximate surface area is 202 Å². The molecule has 2 heterocycles. The molecule has 35 heavy (non-hydrogen) atoms. The Hall–Kier alpha value is -3.48. The lowest BCUT2D eigenvalue weighted by atomic mass is 10.0. The van der Waals surface area contributed by atoms with Gasteiger partial charge < -0.3 is 36.5 Å². The van der Waals surface area contributed by atoms with Crippen LogP contribution < -0.4 is 16.4 Å². The number of rotatable bonds is 13. The smallest absolute Gasteiger partial charge is 0.326 e. The minimum Gasteiger partial charge on any atom is -0.481 e. The van der Waals surface area contributed by atoms with E-state index in [4.69, 9.17) is 10.8 Å². The molecule has 194 valence electrons. The van der Waals surface area contributed by atoms with Crippen molar-refractivity contribution < 1.29 is 34.2 Å². The Bertz CT molecular complexity index is 904. The number of likely N-dealkylation sites (tertiary alicyclic amines) is 1. The van der Waals surface area contributed by atoms with Gasteiger partial charge >= 0.3 is 11.9 Å². The molecule has 0 aromatic carbocycles. The number of amides is 3. The lowest BCUT2D eigenvalue weighted by Gasteiger charge is -2.30. The molecule has 0 aliphatic carbocycles. The summed E-state index contributed by atoms with van der Waals surface area (Å²) in [6, 6.07) is -4.17. The summed E-state index contributed by atoms with van der Waals surface area (Å²) in [7, 11) is 0. The van der Waals surface area contributed by atoms with Crippen LogP contribution in [0, 0.1) is 5.92 Å². The Morgan fingerprint density at radius 1 is 1.20 bits per heavy atom. The minimum absolute atomic E-state index is 0.0389. The quantitative estimate of drug-likeness (QED) is 0.203. The summed E-state index contributed by atoms with van der Waals surface area (Å²) in [5.74, 6) is -3.98. The number of hydrogen-bond acceptors (Lipinski definition) is 7. The Morgan fingerprint density at radius 2 is 1.91 bits per heavy atom. The molecule has 4 unspecified atom stereocenters. The zero-order valence-electron chi connectivity index (χ0n) is 19.9. The molecular formula is C22H34N6O7. The number of imidazole rings is 1. The van der Waals surface area contributed by atoms with Crippen LogP contribution in [-0.2, 0) is 30.4 Å². The SMILES string of the molecule is CC(C)CC(NC(=O)C1CCCN1C(=O)C(Cc1cnc[nH]1)NC(=O)C(N)CCC(=O)O)C(=O)O. The summed E-state index contributed by atoms with van der Waals surface area (Å²) in [4.78, 5) is 69.4. The highest BCUT2D eigenvalue weighted by Gasteiger charge is 2.39. The van der Waals surface area contributed by atoms with E-state index < -0.39 is 53.8 Å². The lowest BCUT2D eigenvalue weighted by molar-refractivity contribution is -0.145. The maximum Gasteiger partial charge on any atom is 0.326 e. The fourth-order valence-electron chi connectivity index (χ4n) is 3.97. The number of carbonyl (C=O) groups excluding carboxylic acids is 3. The van der Waals surface area contributed by atoms with Crippen LogP contribution in [0.2, 0.25) is 0 Å². The van der Waals surface area contributed by atoms with E-state index in [0.29, 0.717) is 18.5 Å². The van der Waals surface area contributed by atoms with Crippen molar-refractivity contribution >= 4 is 29.7 Å². The summed E-state index contributed by atoms with van der Waals surface area (Å²) in [5, 5.41) is 23.4. The van der Waals surface area contributed by atoms with Crippen LogP contribution in [-0.4, -0.2) is 85.5 Å². The van der Waals surface area contributed by atoms with Gasteiger partial charge in [0.2, 0.25) is 17.7 Å². The van der Waals surface area contributed by atoms with Gasteiger partial charge in [0.15, 0.2) is 0 Å². The molecule has 2 rings (SSSR count). The van der Waals surface area contributed by atoms with Crippen molar-refractivity contribution in [3.63, 3.8) is 0 Å². The molecular weight excluding hydrogens is 460 g/mol. The molecule has 1 saturated heterocycles. The van der Waals surface area contributed by atoms with Crippen LogP contribution in [0.15, 0.2) is 12.5 Å². The van der Waals surface area contributed by atoms with Crippen LogP contribution in [0.4, 0.5) is 0 Å². The molecule has 7 N–H and O–H groups in total. The number of aromatic nitrogens is 2. The maximum absolute atomic E-state index is 13.5. The summed E-state index contributed by atoms with van der Waals surface area (Å²) in [5.41, 5.74) is 6.36. The predicted molar refractivity (Wildman–Crippen MR) is 123 cm³/mol. The second kappa shape index (κ2) is 12.8. The van der Waals surface area contributed by atoms with Gasteiger partial charge in [0.05, 0.1) is 12.4 Å². The Balaban J connectivity index is 2.15. The number of carboxylic acid groups (broad SMARTS) is 2. The normalized spacial score (nSPS) is 18.1. The van der Waals surface area contributed by atoms with E-state index in [9.17, 15) is 29.1 Å². The van der Waals surface area contributed by atoms with Crippen molar-refractivity contribution in [1.82, 2.24) is 25.5 Å². The van der Waals surface area contributed by atoms with Gasteiger partial charge in [-0.2, -0.15) is 0 Å². The number of nitrogens with two attached hydrogens (primary N) is 1. The van der Waals surface area contributed by atoms with E-state index >= 15 is 0 Å². The third kappa shape index (κ3) is 8.35. The third-order valence-corrected chi connectivity index (χ3v) is 5.76. The highest BCUT2D eigenvalue weighted by Crippen LogP contribution is 2.20. The van der Waals surface area contributed by atoms with Crippen molar-refractivity contribution in [3.8, 4) is 0 Å². The minimum atomic E-state index is -1.15. The second-order valence-electron chi connectivity index (χ2n) is 9.10. The molecule has 0 spiro atoms. The molecule has 13 heteroatoms. The number of hydrogen-bond donors (Lipinski definition) is 6. The van der Waals surface area contributed by atoms with Gasteiger partial charge in [-0.3, -0.25) is 19.2 Å². The van der Waals surface area contributed by atoms with E-state index in [2.05, 4.69) is 20.6 Å². The first-order valence-corrected chi connectivity index (χ1v) is 11.6. The zero-order chi connectivity index (χ0) is 26.1. The summed E-state index contributed by atoms with van der Waals surface area (Å²) < 4.78 is 0. The van der Waals surface area contributed by atoms with Crippen LogP contribution in [0.5, 0.6) is 0 Å². The first kappa shape index (κ1) is 27.8. The van der Waals surface area contributed by atoms with Gasteiger partial charge in [-0.1, -0.05) is 13.8 Å². The largest absolute Gasteiger partial charge is 0.481 e. The summed E-state index contributed by atoms with van der Waals surface area (Å²) in [6.45, 7) is 3.95. The summed E-state index contributed by atoms with van der Waals surface area (Å²) in [6.07, 6.45) is 3.69. The predicted octanol–water partition coefficient (Wildman–Crippen LogP) is -0.764. The maximum atomic E-state index is 13.5. The average Bonchev–Trinajstić information content (AvgIpc) is 3.47. The highest BCUT2D eigenvalue weighted by atomic mass is 16.4. The third-order valence-electron chi connectivity index (χ3n) is 5.76. The number of nitrogens with one attached hydrogen (secondary N) is 3. The van der Waals surface area contributed by atoms with Gasteiger partial charge in [-0.05, 0) is 31.6 Å². The number of aromatic amines is 1. The molecule has 1 fully saturated rings. The topological polar surface area (TPSA) is 208 Å². The van der Waals surface area contributed by atoms with Crippen molar-refractivity contribution in [3.05, 3.63) is 18.2 Å². The molecule has 3 amide bonds. The Kier molecular flexibility index (Phi) is 10.2. The van der Waals surface area contributed by atoms with Gasteiger partial charge in [0, 0.05) is 31.3 Å². The number of aliphatic carboxylic acids is 2. The Morgan fingerprint density at radius 3 is 2.49 bits per heavy atom. The van der Waals surface area contributed by atoms with E-state index in [1.807, 2.05) is 13.8 Å². The first-order valence-electron chi connectivity index (χ1n) is 11.6. The number of H-pyrrole nitrogens is 1. The second-order valence-corrected chi connectivity index (χ2v) is 9.10. The van der Waals surface area contributed by atoms with E-state index in [1.165, 1.54) is 17.4 Å².